The summed E-state index contributed by atoms with van der Waals surface area (Å²) in [5.74, 6) is 0.967. The van der Waals surface area contributed by atoms with Gasteiger partial charge in [0.2, 0.25) is 10.0 Å². The first-order valence-corrected chi connectivity index (χ1v) is 10.4. The van der Waals surface area contributed by atoms with Gasteiger partial charge in [0.1, 0.15) is 11.5 Å². The zero-order valence-electron chi connectivity index (χ0n) is 14.4. The molecule has 3 aromatic rings. The summed E-state index contributed by atoms with van der Waals surface area (Å²) in [6.45, 7) is 3.52. The van der Waals surface area contributed by atoms with Gasteiger partial charge in [0.25, 0.3) is 5.91 Å². The van der Waals surface area contributed by atoms with E-state index >= 15 is 0 Å². The molecule has 0 atom stereocenters. The Bertz CT molecular complexity index is 1050. The number of amides is 1. The highest BCUT2D eigenvalue weighted by Gasteiger charge is 2.15. The largest absolute Gasteiger partial charge is 0.466 e. The fourth-order valence-electron chi connectivity index (χ4n) is 2.41. The Kier molecular flexibility index (Phi) is 4.84. The number of aromatic nitrogens is 1. The van der Waals surface area contributed by atoms with Crippen molar-refractivity contribution in [1.82, 2.24) is 4.98 Å². The van der Waals surface area contributed by atoms with E-state index in [9.17, 15) is 13.2 Å². The molecule has 3 rings (SSSR count). The number of nitrogens with one attached hydrogen (secondary N) is 2. The number of sulfonamides is 1. The van der Waals surface area contributed by atoms with Crippen molar-refractivity contribution in [3.63, 3.8) is 0 Å². The normalized spacial score (nSPS) is 11.3. The molecular weight excluding hydrogens is 374 g/mol. The maximum absolute atomic E-state index is 12.3. The third kappa shape index (κ3) is 4.30. The van der Waals surface area contributed by atoms with Crippen molar-refractivity contribution in [2.45, 2.75) is 13.8 Å². The second-order valence-electron chi connectivity index (χ2n) is 5.77. The molecule has 136 valence electrons. The number of hydrogen-bond acceptors (Lipinski definition) is 6. The lowest BCUT2D eigenvalue weighted by molar-refractivity contribution is 0.102. The molecule has 2 heterocycles. The van der Waals surface area contributed by atoms with Crippen molar-refractivity contribution < 1.29 is 17.6 Å². The Morgan fingerprint density at radius 3 is 2.46 bits per heavy atom. The molecule has 0 aliphatic carbocycles. The number of benzene rings is 1. The molecule has 26 heavy (non-hydrogen) atoms. The minimum atomic E-state index is -3.31. The second-order valence-corrected chi connectivity index (χ2v) is 8.38. The average Bonchev–Trinajstić information content (AvgIpc) is 3.13. The van der Waals surface area contributed by atoms with Crippen LogP contribution in [0.1, 0.15) is 21.9 Å². The molecule has 9 heteroatoms. The van der Waals surface area contributed by atoms with Gasteiger partial charge in [-0.25, -0.2) is 13.4 Å². The fourth-order valence-corrected chi connectivity index (χ4v) is 3.69. The Labute approximate surface area is 155 Å². The number of aryl methyl sites for hydroxylation is 2. The number of nitrogens with zero attached hydrogens (tertiary/aromatic N) is 1. The summed E-state index contributed by atoms with van der Waals surface area (Å²) in [7, 11) is -3.31. The van der Waals surface area contributed by atoms with Gasteiger partial charge in [-0.2, -0.15) is 0 Å². The molecule has 1 amide bonds. The third-order valence-corrected chi connectivity index (χ3v) is 4.86. The maximum atomic E-state index is 12.3. The van der Waals surface area contributed by atoms with E-state index in [1.54, 1.807) is 44.2 Å². The van der Waals surface area contributed by atoms with E-state index in [0.29, 0.717) is 33.6 Å². The van der Waals surface area contributed by atoms with E-state index in [1.165, 1.54) is 11.3 Å². The Balaban J connectivity index is 1.73. The van der Waals surface area contributed by atoms with Gasteiger partial charge < -0.3 is 4.42 Å². The van der Waals surface area contributed by atoms with E-state index < -0.39 is 10.0 Å². The van der Waals surface area contributed by atoms with Crippen LogP contribution in [0.25, 0.3) is 11.3 Å². The molecule has 0 saturated heterocycles. The number of furan rings is 1. The summed E-state index contributed by atoms with van der Waals surface area (Å²) in [5, 5.41) is 5.06. The summed E-state index contributed by atoms with van der Waals surface area (Å²) >= 11 is 1.31. The maximum Gasteiger partial charge on any atom is 0.260 e. The molecule has 1 aromatic carbocycles. The van der Waals surface area contributed by atoms with Crippen LogP contribution in [-0.4, -0.2) is 25.6 Å². The van der Waals surface area contributed by atoms with Gasteiger partial charge in [0.15, 0.2) is 5.13 Å². The SMILES string of the molecule is Cc1cc(C(=O)Nc2nc(-c3ccc(NS(C)(=O)=O)cc3)cs2)c(C)o1. The average molecular weight is 391 g/mol. The van der Waals surface area contributed by atoms with Crippen molar-refractivity contribution in [3.8, 4) is 11.3 Å². The van der Waals surface area contributed by atoms with Crippen LogP contribution in [0.3, 0.4) is 0 Å². The summed E-state index contributed by atoms with van der Waals surface area (Å²) in [5.41, 5.74) is 2.47. The first-order valence-electron chi connectivity index (χ1n) is 7.63. The van der Waals surface area contributed by atoms with Crippen LogP contribution < -0.4 is 10.0 Å². The molecule has 7 nitrogen and oxygen atoms in total. The van der Waals surface area contributed by atoms with E-state index in [0.717, 1.165) is 11.8 Å². The number of carbonyl (C=O) groups excluding carboxylic acids is 1. The highest BCUT2D eigenvalue weighted by molar-refractivity contribution is 7.92. The van der Waals surface area contributed by atoms with Gasteiger partial charge >= 0.3 is 0 Å². The highest BCUT2D eigenvalue weighted by atomic mass is 32.2. The molecule has 0 saturated carbocycles. The molecule has 0 unspecified atom stereocenters. The first kappa shape index (κ1) is 18.2. The van der Waals surface area contributed by atoms with Crippen LogP contribution >= 0.6 is 11.3 Å². The predicted octanol–water partition coefficient (Wildman–Crippen LogP) is 3.64. The summed E-state index contributed by atoms with van der Waals surface area (Å²) in [6.07, 6.45) is 1.10. The van der Waals surface area contributed by atoms with Crippen molar-refractivity contribution in [3.05, 3.63) is 52.8 Å². The zero-order chi connectivity index (χ0) is 18.9. The van der Waals surface area contributed by atoms with E-state index in [2.05, 4.69) is 15.0 Å². The monoisotopic (exact) mass is 391 g/mol. The molecule has 0 aliphatic heterocycles. The van der Waals surface area contributed by atoms with Crippen LogP contribution in [-0.2, 0) is 10.0 Å². The van der Waals surface area contributed by atoms with E-state index in [-0.39, 0.29) is 5.91 Å². The Hall–Kier alpha value is -2.65. The lowest BCUT2D eigenvalue weighted by atomic mass is 10.1. The standard InChI is InChI=1S/C17H17N3O4S2/c1-10-8-14(11(2)24-10)16(21)19-17-18-15(9-25-17)12-4-6-13(7-5-12)20-26(3,22)23/h4-9,20H,1-3H3,(H,18,19,21). The number of rotatable bonds is 5. The third-order valence-electron chi connectivity index (χ3n) is 3.49. The number of thiazole rings is 1. The lowest BCUT2D eigenvalue weighted by Gasteiger charge is -2.04. The predicted molar refractivity (Wildman–Crippen MR) is 102 cm³/mol. The summed E-state index contributed by atoms with van der Waals surface area (Å²) in [6, 6.07) is 8.53. The van der Waals surface area contributed by atoms with Crippen molar-refractivity contribution in [2.75, 3.05) is 16.3 Å². The molecule has 0 radical (unpaired) electrons. The van der Waals surface area contributed by atoms with Gasteiger partial charge in [0, 0.05) is 16.6 Å². The van der Waals surface area contributed by atoms with Crippen LogP contribution in [0.4, 0.5) is 10.8 Å². The number of anilines is 2. The van der Waals surface area contributed by atoms with Crippen LogP contribution in [0.15, 0.2) is 40.1 Å². The van der Waals surface area contributed by atoms with Crippen LogP contribution in [0.2, 0.25) is 0 Å². The van der Waals surface area contributed by atoms with Crippen molar-refractivity contribution in [1.29, 1.82) is 0 Å². The smallest absolute Gasteiger partial charge is 0.260 e. The minimum absolute atomic E-state index is 0.270. The Morgan fingerprint density at radius 2 is 1.88 bits per heavy atom. The van der Waals surface area contributed by atoms with Gasteiger partial charge in [-0.15, -0.1) is 11.3 Å². The molecule has 0 spiro atoms. The zero-order valence-corrected chi connectivity index (χ0v) is 16.0. The summed E-state index contributed by atoms with van der Waals surface area (Å²) in [4.78, 5) is 16.7. The van der Waals surface area contributed by atoms with Crippen LogP contribution in [0.5, 0.6) is 0 Å². The quantitative estimate of drug-likeness (QED) is 0.691. The van der Waals surface area contributed by atoms with Gasteiger partial charge in [0.05, 0.1) is 17.5 Å². The van der Waals surface area contributed by atoms with E-state index in [4.69, 9.17) is 4.42 Å². The Morgan fingerprint density at radius 1 is 1.19 bits per heavy atom. The fraction of sp³-hybridized carbons (Fsp3) is 0.176. The molecule has 2 aromatic heterocycles. The molecule has 2 N–H and O–H groups in total. The van der Waals surface area contributed by atoms with Gasteiger partial charge in [-0.05, 0) is 32.0 Å². The number of hydrogen-bond donors (Lipinski definition) is 2. The van der Waals surface area contributed by atoms with Gasteiger partial charge in [-0.1, -0.05) is 12.1 Å². The molecule has 0 bridgehead atoms. The minimum Gasteiger partial charge on any atom is -0.466 e. The number of carbonyl (C=O) groups is 1. The highest BCUT2D eigenvalue weighted by Crippen LogP contribution is 2.27. The topological polar surface area (TPSA) is 101 Å². The van der Waals surface area contributed by atoms with Crippen molar-refractivity contribution in [2.24, 2.45) is 0 Å². The molecular formula is C17H17N3O4S2. The van der Waals surface area contributed by atoms with E-state index in [1.807, 2.05) is 5.38 Å². The lowest BCUT2D eigenvalue weighted by Crippen LogP contribution is -2.11. The van der Waals surface area contributed by atoms with Gasteiger partial charge in [-0.3, -0.25) is 14.8 Å². The summed E-state index contributed by atoms with van der Waals surface area (Å²) < 4.78 is 30.2. The first-order chi connectivity index (χ1) is 12.2. The molecule has 0 aliphatic rings. The van der Waals surface area contributed by atoms with Crippen LogP contribution in [0, 0.1) is 13.8 Å². The van der Waals surface area contributed by atoms with Crippen molar-refractivity contribution >= 4 is 38.1 Å². The second kappa shape index (κ2) is 6.93. The molecule has 0 fully saturated rings.